The number of fused-ring (bicyclic) bond motifs is 1. The monoisotopic (exact) mass is 453 g/mol. The Hall–Kier alpha value is -2.69. The minimum absolute atomic E-state index is 0.0163. The van der Waals surface area contributed by atoms with Gasteiger partial charge in [-0.15, -0.1) is 0 Å². The van der Waals surface area contributed by atoms with Crippen molar-refractivity contribution >= 4 is 32.6 Å². The average molecular weight is 454 g/mol. The third-order valence-electron chi connectivity index (χ3n) is 5.04. The van der Waals surface area contributed by atoms with E-state index in [1.165, 1.54) is 6.92 Å². The largest absolute Gasteiger partial charge is 0.487 e. The van der Waals surface area contributed by atoms with Crippen LogP contribution in [-0.4, -0.2) is 28.8 Å². The Morgan fingerprint density at radius 3 is 3.00 bits per heavy atom. The fraction of sp³-hybridized carbons (Fsp3) is 0.318. The summed E-state index contributed by atoms with van der Waals surface area (Å²) in [5, 5.41) is 15.2. The molecule has 6 nitrogen and oxygen atoms in total. The van der Waals surface area contributed by atoms with Crippen molar-refractivity contribution in [1.29, 1.82) is 5.26 Å². The van der Waals surface area contributed by atoms with Crippen LogP contribution in [0.4, 0.5) is 0 Å². The van der Waals surface area contributed by atoms with Crippen molar-refractivity contribution in [3.8, 4) is 11.8 Å². The number of aromatic nitrogens is 2. The van der Waals surface area contributed by atoms with Crippen LogP contribution in [0.3, 0.4) is 0 Å². The predicted octanol–water partition coefficient (Wildman–Crippen LogP) is 4.34. The first-order valence-electron chi connectivity index (χ1n) is 9.45. The lowest BCUT2D eigenvalue weighted by atomic mass is 10.0. The van der Waals surface area contributed by atoms with Crippen molar-refractivity contribution in [2.45, 2.75) is 32.4 Å². The quantitative estimate of drug-likeness (QED) is 0.554. The van der Waals surface area contributed by atoms with Gasteiger partial charge in [0.2, 0.25) is 0 Å². The molecule has 0 saturated carbocycles. The first-order valence-corrected chi connectivity index (χ1v) is 10.2. The van der Waals surface area contributed by atoms with Crippen LogP contribution >= 0.6 is 15.9 Å². The normalized spacial score (nSPS) is 16.1. The van der Waals surface area contributed by atoms with Crippen molar-refractivity contribution in [1.82, 2.24) is 9.78 Å². The molecule has 0 bridgehead atoms. The van der Waals surface area contributed by atoms with Crippen LogP contribution in [0.5, 0.6) is 5.75 Å². The van der Waals surface area contributed by atoms with Crippen LogP contribution < -0.4 is 4.74 Å². The third kappa shape index (κ3) is 4.04. The van der Waals surface area contributed by atoms with E-state index in [1.807, 2.05) is 22.9 Å². The van der Waals surface area contributed by atoms with Gasteiger partial charge in [-0.2, -0.15) is 10.4 Å². The molecule has 1 aliphatic heterocycles. The second-order valence-electron chi connectivity index (χ2n) is 7.13. The molecule has 0 N–H and O–H groups in total. The molecule has 1 fully saturated rings. The second-order valence-corrected chi connectivity index (χ2v) is 8.05. The van der Waals surface area contributed by atoms with Gasteiger partial charge in [-0.05, 0) is 43.7 Å². The van der Waals surface area contributed by atoms with E-state index in [1.54, 1.807) is 18.2 Å². The van der Waals surface area contributed by atoms with Gasteiger partial charge in [0.1, 0.15) is 23.8 Å². The standard InChI is InChI=1S/C22H20BrN3O3/c1-14(27)9-18-15(11-24)3-2-4-22(18)29-13-20-19-10-16(23)5-6-21(19)26(25-20)17-7-8-28-12-17/h2-6,10,17H,7-9,12-13H2,1H3. The first kappa shape index (κ1) is 19.6. The molecular formula is C22H20BrN3O3. The van der Waals surface area contributed by atoms with Gasteiger partial charge >= 0.3 is 0 Å². The number of Topliss-reactive ketones (excluding diaryl/α,β-unsaturated/α-hetero) is 1. The van der Waals surface area contributed by atoms with Crippen LogP contribution in [0.2, 0.25) is 0 Å². The van der Waals surface area contributed by atoms with E-state index in [0.717, 1.165) is 34.1 Å². The van der Waals surface area contributed by atoms with E-state index >= 15 is 0 Å². The number of hydrogen-bond donors (Lipinski definition) is 0. The molecule has 2 heterocycles. The van der Waals surface area contributed by atoms with Crippen LogP contribution in [0, 0.1) is 11.3 Å². The van der Waals surface area contributed by atoms with Gasteiger partial charge in [-0.3, -0.25) is 9.48 Å². The average Bonchev–Trinajstić information content (AvgIpc) is 3.34. The lowest BCUT2D eigenvalue weighted by molar-refractivity contribution is -0.116. The summed E-state index contributed by atoms with van der Waals surface area (Å²) in [6.07, 6.45) is 1.10. The van der Waals surface area contributed by atoms with Crippen molar-refractivity contribution in [3.05, 3.63) is 57.7 Å². The Morgan fingerprint density at radius 2 is 2.28 bits per heavy atom. The highest BCUT2D eigenvalue weighted by molar-refractivity contribution is 9.10. The predicted molar refractivity (Wildman–Crippen MR) is 112 cm³/mol. The number of carbonyl (C=O) groups excluding carboxylic acids is 1. The SMILES string of the molecule is CC(=O)Cc1c(C#N)cccc1OCc1nn(C2CCOC2)c2ccc(Br)cc12. The molecule has 1 unspecified atom stereocenters. The maximum atomic E-state index is 11.7. The van der Waals surface area contributed by atoms with Crippen LogP contribution in [0.15, 0.2) is 40.9 Å². The number of halogens is 1. The van der Waals surface area contributed by atoms with Crippen LogP contribution in [0.25, 0.3) is 10.9 Å². The topological polar surface area (TPSA) is 77.1 Å². The third-order valence-corrected chi connectivity index (χ3v) is 5.53. The number of ketones is 1. The summed E-state index contributed by atoms with van der Waals surface area (Å²) >= 11 is 3.54. The highest BCUT2D eigenvalue weighted by Gasteiger charge is 2.23. The van der Waals surface area contributed by atoms with Crippen molar-refractivity contribution in [2.75, 3.05) is 13.2 Å². The van der Waals surface area contributed by atoms with Gasteiger partial charge in [-0.25, -0.2) is 0 Å². The lowest BCUT2D eigenvalue weighted by Gasteiger charge is -2.11. The zero-order valence-electron chi connectivity index (χ0n) is 16.0. The summed E-state index contributed by atoms with van der Waals surface area (Å²) < 4.78 is 14.6. The molecule has 0 amide bonds. The molecule has 3 aromatic rings. The minimum Gasteiger partial charge on any atom is -0.487 e. The summed E-state index contributed by atoms with van der Waals surface area (Å²) in [6, 6.07) is 13.7. The number of nitriles is 1. The maximum Gasteiger partial charge on any atom is 0.134 e. The Balaban J connectivity index is 1.68. The van der Waals surface area contributed by atoms with Crippen LogP contribution in [-0.2, 0) is 22.6 Å². The van der Waals surface area contributed by atoms with Gasteiger partial charge in [0.05, 0.1) is 29.8 Å². The summed E-state index contributed by atoms with van der Waals surface area (Å²) in [6.45, 7) is 3.14. The van der Waals surface area contributed by atoms with E-state index in [2.05, 4.69) is 22.0 Å². The molecule has 0 spiro atoms. The van der Waals surface area contributed by atoms with Gasteiger partial charge in [0.25, 0.3) is 0 Å². The smallest absolute Gasteiger partial charge is 0.134 e. The number of ether oxygens (including phenoxy) is 2. The van der Waals surface area contributed by atoms with Crippen molar-refractivity contribution < 1.29 is 14.3 Å². The molecule has 2 aromatic carbocycles. The fourth-order valence-corrected chi connectivity index (χ4v) is 4.02. The molecule has 7 heteroatoms. The Bertz CT molecular complexity index is 1110. The molecule has 1 aromatic heterocycles. The molecule has 0 radical (unpaired) electrons. The number of benzene rings is 2. The van der Waals surface area contributed by atoms with E-state index in [4.69, 9.17) is 14.6 Å². The molecular weight excluding hydrogens is 434 g/mol. The Morgan fingerprint density at radius 1 is 1.41 bits per heavy atom. The second kappa shape index (κ2) is 8.36. The summed E-state index contributed by atoms with van der Waals surface area (Å²) in [4.78, 5) is 11.7. The summed E-state index contributed by atoms with van der Waals surface area (Å²) in [7, 11) is 0. The fourth-order valence-electron chi connectivity index (χ4n) is 3.66. The van der Waals surface area contributed by atoms with Crippen LogP contribution in [0.1, 0.15) is 36.2 Å². The molecule has 4 rings (SSSR count). The highest BCUT2D eigenvalue weighted by Crippen LogP contribution is 2.30. The molecule has 0 aliphatic carbocycles. The summed E-state index contributed by atoms with van der Waals surface area (Å²) in [5.74, 6) is 0.526. The molecule has 1 aliphatic rings. The Labute approximate surface area is 177 Å². The van der Waals surface area contributed by atoms with E-state index < -0.39 is 0 Å². The minimum atomic E-state index is -0.0163. The molecule has 29 heavy (non-hydrogen) atoms. The van der Waals surface area contributed by atoms with Gasteiger partial charge in [0, 0.05) is 28.5 Å². The van der Waals surface area contributed by atoms with Gasteiger partial charge in [-0.1, -0.05) is 22.0 Å². The molecule has 1 saturated heterocycles. The number of carbonyl (C=O) groups is 1. The Kier molecular flexibility index (Phi) is 5.65. The molecule has 1 atom stereocenters. The highest BCUT2D eigenvalue weighted by atomic mass is 79.9. The summed E-state index contributed by atoms with van der Waals surface area (Å²) in [5.41, 5.74) is 2.93. The van der Waals surface area contributed by atoms with Crippen molar-refractivity contribution in [2.24, 2.45) is 0 Å². The zero-order chi connectivity index (χ0) is 20.4. The van der Waals surface area contributed by atoms with E-state index in [-0.39, 0.29) is 24.9 Å². The number of rotatable bonds is 6. The van der Waals surface area contributed by atoms with E-state index in [9.17, 15) is 10.1 Å². The first-order chi connectivity index (χ1) is 14.1. The number of hydrogen-bond acceptors (Lipinski definition) is 5. The molecule has 148 valence electrons. The maximum absolute atomic E-state index is 11.7. The van der Waals surface area contributed by atoms with Gasteiger partial charge < -0.3 is 9.47 Å². The lowest BCUT2D eigenvalue weighted by Crippen LogP contribution is -2.11. The van der Waals surface area contributed by atoms with Gasteiger partial charge in [0.15, 0.2) is 0 Å². The van der Waals surface area contributed by atoms with E-state index in [0.29, 0.717) is 23.5 Å². The zero-order valence-corrected chi connectivity index (χ0v) is 17.6. The van der Waals surface area contributed by atoms with Crippen molar-refractivity contribution in [3.63, 3.8) is 0 Å². The number of nitrogens with zero attached hydrogens (tertiary/aromatic N) is 3.